The molecule has 1 aromatic rings. The number of sulfonamides is 1. The number of para-hydroxylation sites is 2. The van der Waals surface area contributed by atoms with Gasteiger partial charge in [-0.25, -0.2) is 8.42 Å². The Kier molecular flexibility index (Phi) is 7.35. The average molecular weight is 303 g/mol. The molecule has 1 rings (SSSR count). The van der Waals surface area contributed by atoms with Crippen molar-refractivity contribution in [2.75, 3.05) is 44.0 Å². The molecule has 0 spiro atoms. The van der Waals surface area contributed by atoms with Crippen LogP contribution in [0.1, 0.15) is 6.92 Å². The topological polar surface area (TPSA) is 73.9 Å². The highest BCUT2D eigenvalue weighted by molar-refractivity contribution is 7.92. The van der Waals surface area contributed by atoms with Crippen LogP contribution in [0, 0.1) is 0 Å². The van der Waals surface area contributed by atoms with Crippen molar-refractivity contribution in [2.24, 2.45) is 0 Å². The highest BCUT2D eigenvalue weighted by Crippen LogP contribution is 2.24. The molecule has 0 saturated carbocycles. The summed E-state index contributed by atoms with van der Waals surface area (Å²) in [6.07, 6.45) is 0. The molecule has 0 heterocycles. The third kappa shape index (κ3) is 6.23. The van der Waals surface area contributed by atoms with Gasteiger partial charge in [0.05, 0.1) is 37.9 Å². The van der Waals surface area contributed by atoms with Crippen LogP contribution in [0.3, 0.4) is 0 Å². The Morgan fingerprint density at radius 1 is 1.15 bits per heavy atom. The van der Waals surface area contributed by atoms with Crippen molar-refractivity contribution < 1.29 is 22.6 Å². The van der Waals surface area contributed by atoms with Gasteiger partial charge in [-0.2, -0.15) is 0 Å². The Balaban J connectivity index is 2.53. The smallest absolute Gasteiger partial charge is 0.235 e. The molecular formula is C13H21NO5S. The summed E-state index contributed by atoms with van der Waals surface area (Å²) < 4.78 is 41.6. The number of anilines is 1. The maximum absolute atomic E-state index is 11.9. The Morgan fingerprint density at radius 2 is 1.90 bits per heavy atom. The molecule has 0 aliphatic carbocycles. The summed E-state index contributed by atoms with van der Waals surface area (Å²) in [5, 5.41) is 0. The number of hydrogen-bond donors (Lipinski definition) is 1. The second-order valence-corrected chi connectivity index (χ2v) is 5.80. The van der Waals surface area contributed by atoms with E-state index < -0.39 is 10.0 Å². The lowest BCUT2D eigenvalue weighted by Gasteiger charge is -2.12. The van der Waals surface area contributed by atoms with E-state index in [1.54, 1.807) is 31.4 Å². The molecule has 0 radical (unpaired) electrons. The van der Waals surface area contributed by atoms with Gasteiger partial charge in [0.2, 0.25) is 10.0 Å². The first kappa shape index (κ1) is 16.7. The Labute approximate surface area is 120 Å². The van der Waals surface area contributed by atoms with Crippen molar-refractivity contribution >= 4 is 15.7 Å². The van der Waals surface area contributed by atoms with Crippen LogP contribution >= 0.6 is 0 Å². The zero-order valence-electron chi connectivity index (χ0n) is 11.8. The van der Waals surface area contributed by atoms with E-state index in [9.17, 15) is 8.42 Å². The molecule has 6 nitrogen and oxygen atoms in total. The summed E-state index contributed by atoms with van der Waals surface area (Å²) >= 11 is 0. The molecule has 0 unspecified atom stereocenters. The molecular weight excluding hydrogens is 282 g/mol. The standard InChI is InChI=1S/C13H21NO5S/c1-3-19-13-7-5-4-6-12(13)14-20(15,16)11-10-18-9-8-17-2/h4-7,14H,3,8-11H2,1-2H3. The van der Waals surface area contributed by atoms with Crippen LogP contribution in [0.4, 0.5) is 5.69 Å². The fraction of sp³-hybridized carbons (Fsp3) is 0.538. The molecule has 1 aromatic carbocycles. The molecule has 0 atom stereocenters. The van der Waals surface area contributed by atoms with Gasteiger partial charge in [0, 0.05) is 7.11 Å². The van der Waals surface area contributed by atoms with E-state index in [1.165, 1.54) is 0 Å². The van der Waals surface area contributed by atoms with Crippen LogP contribution in [0.5, 0.6) is 5.75 Å². The maximum Gasteiger partial charge on any atom is 0.235 e. The first-order valence-electron chi connectivity index (χ1n) is 6.38. The van der Waals surface area contributed by atoms with Crippen LogP contribution in [0.15, 0.2) is 24.3 Å². The van der Waals surface area contributed by atoms with Crippen molar-refractivity contribution in [3.8, 4) is 5.75 Å². The Hall–Kier alpha value is -1.31. The summed E-state index contributed by atoms with van der Waals surface area (Å²) in [6.45, 7) is 3.26. The Bertz CT molecular complexity index is 489. The van der Waals surface area contributed by atoms with Crippen LogP contribution in [-0.4, -0.2) is 47.7 Å². The molecule has 0 fully saturated rings. The lowest BCUT2D eigenvalue weighted by atomic mass is 10.3. The summed E-state index contributed by atoms with van der Waals surface area (Å²) in [5.41, 5.74) is 0.436. The zero-order chi connectivity index (χ0) is 14.8. The summed E-state index contributed by atoms with van der Waals surface area (Å²) in [4.78, 5) is 0. The predicted molar refractivity (Wildman–Crippen MR) is 77.7 cm³/mol. The highest BCUT2D eigenvalue weighted by atomic mass is 32.2. The number of methoxy groups -OCH3 is 1. The first-order valence-corrected chi connectivity index (χ1v) is 8.03. The molecule has 0 aliphatic rings. The van der Waals surface area contributed by atoms with Crippen LogP contribution < -0.4 is 9.46 Å². The van der Waals surface area contributed by atoms with Crippen LogP contribution in [-0.2, 0) is 19.5 Å². The molecule has 1 N–H and O–H groups in total. The van der Waals surface area contributed by atoms with E-state index in [4.69, 9.17) is 14.2 Å². The van der Waals surface area contributed by atoms with E-state index in [-0.39, 0.29) is 12.4 Å². The van der Waals surface area contributed by atoms with Crippen molar-refractivity contribution in [3.05, 3.63) is 24.3 Å². The van der Waals surface area contributed by atoms with Crippen molar-refractivity contribution in [2.45, 2.75) is 6.92 Å². The number of rotatable bonds is 10. The lowest BCUT2D eigenvalue weighted by molar-refractivity contribution is 0.0785. The van der Waals surface area contributed by atoms with Gasteiger partial charge in [-0.15, -0.1) is 0 Å². The van der Waals surface area contributed by atoms with E-state index in [1.807, 2.05) is 6.92 Å². The fourth-order valence-corrected chi connectivity index (χ4v) is 2.41. The van der Waals surface area contributed by atoms with Gasteiger partial charge in [0.1, 0.15) is 5.75 Å². The molecule has 20 heavy (non-hydrogen) atoms. The number of benzene rings is 1. The summed E-state index contributed by atoms with van der Waals surface area (Å²) in [7, 11) is -1.90. The lowest BCUT2D eigenvalue weighted by Crippen LogP contribution is -2.21. The zero-order valence-corrected chi connectivity index (χ0v) is 12.6. The van der Waals surface area contributed by atoms with Crippen molar-refractivity contribution in [1.29, 1.82) is 0 Å². The molecule has 0 aliphatic heterocycles. The normalized spacial score (nSPS) is 11.3. The van der Waals surface area contributed by atoms with Gasteiger partial charge in [0.25, 0.3) is 0 Å². The number of hydrogen-bond acceptors (Lipinski definition) is 5. The molecule has 0 saturated heterocycles. The molecule has 0 bridgehead atoms. The van der Waals surface area contributed by atoms with Crippen molar-refractivity contribution in [1.82, 2.24) is 0 Å². The Morgan fingerprint density at radius 3 is 2.60 bits per heavy atom. The monoisotopic (exact) mass is 303 g/mol. The SMILES string of the molecule is CCOc1ccccc1NS(=O)(=O)CCOCCOC. The molecule has 7 heteroatoms. The van der Waals surface area contributed by atoms with E-state index in [0.29, 0.717) is 31.3 Å². The maximum atomic E-state index is 11.9. The minimum absolute atomic E-state index is 0.114. The van der Waals surface area contributed by atoms with E-state index >= 15 is 0 Å². The van der Waals surface area contributed by atoms with E-state index in [0.717, 1.165) is 0 Å². The van der Waals surface area contributed by atoms with Gasteiger partial charge >= 0.3 is 0 Å². The van der Waals surface area contributed by atoms with Gasteiger partial charge < -0.3 is 14.2 Å². The molecule has 0 amide bonds. The summed E-state index contributed by atoms with van der Waals surface area (Å²) in [5.74, 6) is 0.399. The molecule has 0 aromatic heterocycles. The fourth-order valence-electron chi connectivity index (χ4n) is 1.46. The quantitative estimate of drug-likeness (QED) is 0.663. The van der Waals surface area contributed by atoms with Crippen molar-refractivity contribution in [3.63, 3.8) is 0 Å². The van der Waals surface area contributed by atoms with Gasteiger partial charge in [0.15, 0.2) is 0 Å². The summed E-state index contributed by atoms with van der Waals surface area (Å²) in [6, 6.07) is 6.91. The average Bonchev–Trinajstić information content (AvgIpc) is 2.41. The third-order valence-electron chi connectivity index (χ3n) is 2.38. The van der Waals surface area contributed by atoms with E-state index in [2.05, 4.69) is 4.72 Å². The minimum atomic E-state index is -3.46. The van der Waals surface area contributed by atoms with Gasteiger partial charge in [-0.1, -0.05) is 12.1 Å². The number of nitrogens with one attached hydrogen (secondary N) is 1. The van der Waals surface area contributed by atoms with Crippen LogP contribution in [0.2, 0.25) is 0 Å². The predicted octanol–water partition coefficient (Wildman–Crippen LogP) is 1.49. The third-order valence-corrected chi connectivity index (χ3v) is 3.62. The minimum Gasteiger partial charge on any atom is -0.492 e. The second kappa shape index (κ2) is 8.78. The molecule has 114 valence electrons. The number of ether oxygens (including phenoxy) is 3. The highest BCUT2D eigenvalue weighted by Gasteiger charge is 2.13. The first-order chi connectivity index (χ1) is 9.59. The second-order valence-electron chi connectivity index (χ2n) is 3.96. The van der Waals surface area contributed by atoms with Crippen LogP contribution in [0.25, 0.3) is 0 Å². The van der Waals surface area contributed by atoms with Gasteiger partial charge in [-0.05, 0) is 19.1 Å². The largest absolute Gasteiger partial charge is 0.492 e. The van der Waals surface area contributed by atoms with Gasteiger partial charge in [-0.3, -0.25) is 4.72 Å².